The summed E-state index contributed by atoms with van der Waals surface area (Å²) in [5, 5.41) is 23.3. The third kappa shape index (κ3) is 4.55. The number of carbonyl (C=O) groups is 1. The smallest absolute Gasteiger partial charge is 0.411 e. The minimum Gasteiger partial charge on any atom is -0.453 e. The maximum atomic E-state index is 12.3. The maximum absolute atomic E-state index is 12.3. The predicted octanol–water partition coefficient (Wildman–Crippen LogP) is 2.36. The first kappa shape index (κ1) is 19.8. The van der Waals surface area contributed by atoms with Crippen molar-refractivity contribution in [3.63, 3.8) is 0 Å². The van der Waals surface area contributed by atoms with Crippen LogP contribution < -0.4 is 16.2 Å². The number of methoxy groups -OCH3 is 1. The highest BCUT2D eigenvalue weighted by Gasteiger charge is 2.21. The molecule has 142 valence electrons. The molecular formula is C17H19N5O5. The van der Waals surface area contributed by atoms with Crippen molar-refractivity contribution in [1.82, 2.24) is 15.5 Å². The van der Waals surface area contributed by atoms with Gasteiger partial charge in [-0.3, -0.25) is 20.2 Å². The Bertz CT molecular complexity index is 924. The zero-order chi connectivity index (χ0) is 20.0. The van der Waals surface area contributed by atoms with Crippen molar-refractivity contribution in [2.75, 3.05) is 19.5 Å². The summed E-state index contributed by atoms with van der Waals surface area (Å²) in [7, 11) is 2.91. The molecule has 0 spiro atoms. The van der Waals surface area contributed by atoms with E-state index >= 15 is 0 Å². The lowest BCUT2D eigenvalue weighted by Gasteiger charge is -2.14. The molecule has 0 aliphatic rings. The van der Waals surface area contributed by atoms with Gasteiger partial charge in [0.05, 0.1) is 40.6 Å². The van der Waals surface area contributed by atoms with E-state index in [1.807, 2.05) is 0 Å². The molecule has 10 nitrogen and oxygen atoms in total. The van der Waals surface area contributed by atoms with Gasteiger partial charge in [0.15, 0.2) is 0 Å². The average Bonchev–Trinajstić information content (AvgIpc) is 2.66. The van der Waals surface area contributed by atoms with E-state index < -0.39 is 16.6 Å². The fraction of sp³-hybridized carbons (Fsp3) is 0.235. The lowest BCUT2D eigenvalue weighted by Crippen LogP contribution is -2.21. The number of rotatable bonds is 7. The van der Waals surface area contributed by atoms with Crippen LogP contribution in [0.3, 0.4) is 0 Å². The molecule has 1 atom stereocenters. The van der Waals surface area contributed by atoms with Crippen LogP contribution in [0, 0.1) is 10.1 Å². The first-order valence-electron chi connectivity index (χ1n) is 7.92. The van der Waals surface area contributed by atoms with Crippen molar-refractivity contribution in [3.8, 4) is 11.1 Å². The summed E-state index contributed by atoms with van der Waals surface area (Å²) in [5.74, 6) is 0. The molecular weight excluding hydrogens is 354 g/mol. The number of hydrogen-bond donors (Lipinski definition) is 3. The topological polar surface area (TPSA) is 139 Å². The molecule has 3 N–H and O–H groups in total. The molecule has 1 aromatic carbocycles. The summed E-state index contributed by atoms with van der Waals surface area (Å²) in [5.41, 5.74) is -0.0181. The zero-order valence-corrected chi connectivity index (χ0v) is 14.8. The number of aromatic nitrogens is 2. The van der Waals surface area contributed by atoms with E-state index in [1.165, 1.54) is 25.3 Å². The molecule has 2 rings (SSSR count). The van der Waals surface area contributed by atoms with E-state index in [9.17, 15) is 19.7 Å². The minimum absolute atomic E-state index is 0.0978. The number of nitrogens with zero attached hydrogens (tertiary/aromatic N) is 2. The van der Waals surface area contributed by atoms with E-state index in [4.69, 9.17) is 0 Å². The number of ether oxygens (including phenoxy) is 1. The summed E-state index contributed by atoms with van der Waals surface area (Å²) in [6.07, 6.45) is 1.49. The Kier molecular flexibility index (Phi) is 6.39. The van der Waals surface area contributed by atoms with Gasteiger partial charge in [0.1, 0.15) is 0 Å². The van der Waals surface area contributed by atoms with Gasteiger partial charge >= 0.3 is 6.09 Å². The fourth-order valence-electron chi connectivity index (χ4n) is 2.51. The fourth-order valence-corrected chi connectivity index (χ4v) is 2.51. The second kappa shape index (κ2) is 8.72. The van der Waals surface area contributed by atoms with Gasteiger partial charge in [-0.2, -0.15) is 5.10 Å². The summed E-state index contributed by atoms with van der Waals surface area (Å²) >= 11 is 0. The highest BCUT2D eigenvalue weighted by Crippen LogP contribution is 2.31. The standard InChI is InChI=1S/C17H19N5O5/c1-4-5-13(18-2)14-9-12(16(23)21-20-14)11-7-6-10(19-17(24)27-3)8-15(11)22(25)26/h4,6-9,13,18H,1,5H2,2-3H3,(H,19,24)(H,21,23). The second-order valence-electron chi connectivity index (χ2n) is 5.51. The van der Waals surface area contributed by atoms with Crippen LogP contribution in [0.2, 0.25) is 0 Å². The van der Waals surface area contributed by atoms with Crippen LogP contribution in [-0.4, -0.2) is 35.4 Å². The molecule has 0 saturated carbocycles. The maximum Gasteiger partial charge on any atom is 0.411 e. The summed E-state index contributed by atoms with van der Waals surface area (Å²) in [6.45, 7) is 3.68. The molecule has 1 aromatic heterocycles. The van der Waals surface area contributed by atoms with Crippen LogP contribution in [-0.2, 0) is 4.74 Å². The van der Waals surface area contributed by atoms with E-state index in [-0.39, 0.29) is 28.5 Å². The van der Waals surface area contributed by atoms with Crippen LogP contribution in [0.5, 0.6) is 0 Å². The molecule has 0 saturated heterocycles. The third-order valence-corrected chi connectivity index (χ3v) is 3.85. The van der Waals surface area contributed by atoms with Crippen LogP contribution in [0.25, 0.3) is 11.1 Å². The first-order chi connectivity index (χ1) is 12.9. The molecule has 1 unspecified atom stereocenters. The highest BCUT2D eigenvalue weighted by molar-refractivity contribution is 5.87. The molecule has 2 aromatic rings. The Balaban J connectivity index is 2.56. The van der Waals surface area contributed by atoms with E-state index in [2.05, 4.69) is 32.1 Å². The molecule has 27 heavy (non-hydrogen) atoms. The summed E-state index contributed by atoms with van der Waals surface area (Å²) < 4.78 is 4.47. The number of H-pyrrole nitrogens is 1. The number of nitrogens with one attached hydrogen (secondary N) is 3. The van der Waals surface area contributed by atoms with E-state index in [0.29, 0.717) is 12.1 Å². The minimum atomic E-state index is -0.762. The molecule has 0 aliphatic heterocycles. The number of nitro groups is 1. The Morgan fingerprint density at radius 2 is 2.19 bits per heavy atom. The normalized spacial score (nSPS) is 11.5. The SMILES string of the molecule is C=CCC(NC)c1cc(-c2ccc(NC(=O)OC)cc2[N+](=O)[O-])c(=O)[nH]n1. The van der Waals surface area contributed by atoms with Crippen LogP contribution in [0.4, 0.5) is 16.2 Å². The third-order valence-electron chi connectivity index (χ3n) is 3.85. The number of nitro benzene ring substituents is 1. The van der Waals surface area contributed by atoms with Gasteiger partial charge in [-0.15, -0.1) is 6.58 Å². The summed E-state index contributed by atoms with van der Waals surface area (Å²) in [4.78, 5) is 34.4. The number of anilines is 1. The van der Waals surface area contributed by atoms with E-state index in [0.717, 1.165) is 6.07 Å². The van der Waals surface area contributed by atoms with Crippen molar-refractivity contribution in [2.24, 2.45) is 0 Å². The largest absolute Gasteiger partial charge is 0.453 e. The molecule has 10 heteroatoms. The Hall–Kier alpha value is -3.53. The molecule has 0 bridgehead atoms. The van der Waals surface area contributed by atoms with Gasteiger partial charge in [0.25, 0.3) is 11.2 Å². The van der Waals surface area contributed by atoms with Crippen LogP contribution in [0.1, 0.15) is 18.2 Å². The monoisotopic (exact) mass is 373 g/mol. The molecule has 0 aliphatic carbocycles. The first-order valence-corrected chi connectivity index (χ1v) is 7.92. The van der Waals surface area contributed by atoms with Gasteiger partial charge in [0, 0.05) is 6.07 Å². The zero-order valence-electron chi connectivity index (χ0n) is 14.8. The van der Waals surface area contributed by atoms with Gasteiger partial charge in [0.2, 0.25) is 0 Å². The molecule has 0 fully saturated rings. The highest BCUT2D eigenvalue weighted by atomic mass is 16.6. The van der Waals surface area contributed by atoms with Gasteiger partial charge in [-0.05, 0) is 31.7 Å². The molecule has 1 heterocycles. The lowest BCUT2D eigenvalue weighted by molar-refractivity contribution is -0.384. The Labute approximate surface area is 154 Å². The quantitative estimate of drug-likeness (QED) is 0.384. The number of amides is 1. The summed E-state index contributed by atoms with van der Waals surface area (Å²) in [6, 6.07) is 5.28. The molecule has 1 amide bonds. The average molecular weight is 373 g/mol. The number of carbonyl (C=O) groups excluding carboxylic acids is 1. The number of benzene rings is 1. The number of aromatic amines is 1. The molecule has 0 radical (unpaired) electrons. The van der Waals surface area contributed by atoms with Gasteiger partial charge < -0.3 is 10.1 Å². The van der Waals surface area contributed by atoms with Crippen molar-refractivity contribution in [1.29, 1.82) is 0 Å². The van der Waals surface area contributed by atoms with Crippen molar-refractivity contribution in [3.05, 3.63) is 63.1 Å². The Morgan fingerprint density at radius 1 is 1.44 bits per heavy atom. The lowest BCUT2D eigenvalue weighted by atomic mass is 10.0. The van der Waals surface area contributed by atoms with E-state index in [1.54, 1.807) is 13.1 Å². The van der Waals surface area contributed by atoms with Crippen molar-refractivity contribution in [2.45, 2.75) is 12.5 Å². The predicted molar refractivity (Wildman–Crippen MR) is 99.6 cm³/mol. The van der Waals surface area contributed by atoms with Crippen LogP contribution in [0.15, 0.2) is 41.7 Å². The number of hydrogen-bond acceptors (Lipinski definition) is 7. The second-order valence-corrected chi connectivity index (χ2v) is 5.51. The van der Waals surface area contributed by atoms with Gasteiger partial charge in [-0.25, -0.2) is 9.89 Å². The van der Waals surface area contributed by atoms with Crippen molar-refractivity contribution >= 4 is 17.5 Å². The Morgan fingerprint density at radius 3 is 2.78 bits per heavy atom. The van der Waals surface area contributed by atoms with Crippen molar-refractivity contribution < 1.29 is 14.5 Å². The van der Waals surface area contributed by atoms with Gasteiger partial charge in [-0.1, -0.05) is 6.08 Å². The van der Waals surface area contributed by atoms with Crippen LogP contribution >= 0.6 is 0 Å².